The Morgan fingerprint density at radius 1 is 1.50 bits per heavy atom. The van der Waals surface area contributed by atoms with Crippen LogP contribution in [-0.4, -0.2) is 33.1 Å². The highest BCUT2D eigenvalue weighted by Gasteiger charge is 2.34. The number of aromatic nitrogens is 2. The Bertz CT molecular complexity index is 863. The Labute approximate surface area is 174 Å². The summed E-state index contributed by atoms with van der Waals surface area (Å²) < 4.78 is 5.55. The van der Waals surface area contributed by atoms with Gasteiger partial charge in [-0.3, -0.25) is 4.90 Å². The lowest BCUT2D eigenvalue weighted by molar-refractivity contribution is 0.0218. The number of ether oxygens (including phenoxy) is 1. The summed E-state index contributed by atoms with van der Waals surface area (Å²) in [6.45, 7) is 12.6. The van der Waals surface area contributed by atoms with E-state index in [-0.39, 0.29) is 12.1 Å². The first-order chi connectivity index (χ1) is 13.3. The average Bonchev–Trinajstić information content (AvgIpc) is 3.38. The van der Waals surface area contributed by atoms with E-state index < -0.39 is 5.60 Å². The largest absolute Gasteiger partial charge is 0.444 e. The van der Waals surface area contributed by atoms with Crippen molar-refractivity contribution in [2.45, 2.75) is 52.2 Å². The van der Waals surface area contributed by atoms with Gasteiger partial charge in [0.05, 0.1) is 17.9 Å². The summed E-state index contributed by atoms with van der Waals surface area (Å²) in [5.41, 5.74) is 0.376. The molecule has 3 heterocycles. The summed E-state index contributed by atoms with van der Waals surface area (Å²) in [5.74, 6) is 0.790. The molecule has 0 spiro atoms. The number of H-pyrrole nitrogens is 1. The van der Waals surface area contributed by atoms with Crippen LogP contribution in [0.1, 0.15) is 63.0 Å². The Morgan fingerprint density at radius 2 is 2.29 bits per heavy atom. The molecule has 1 aliphatic heterocycles. The van der Waals surface area contributed by atoms with Crippen molar-refractivity contribution in [3.05, 3.63) is 52.8 Å². The molecule has 7 heteroatoms. The van der Waals surface area contributed by atoms with Crippen LogP contribution in [0.3, 0.4) is 0 Å². The van der Waals surface area contributed by atoms with E-state index >= 15 is 0 Å². The van der Waals surface area contributed by atoms with Gasteiger partial charge in [-0.1, -0.05) is 30.5 Å². The van der Waals surface area contributed by atoms with Gasteiger partial charge in [0.1, 0.15) is 11.4 Å². The van der Waals surface area contributed by atoms with E-state index in [1.165, 1.54) is 9.78 Å². The molecule has 1 amide bonds. The normalized spacial score (nSPS) is 17.8. The molecule has 2 aromatic rings. The maximum atomic E-state index is 12.5. The Morgan fingerprint density at radius 3 is 2.93 bits per heavy atom. The van der Waals surface area contributed by atoms with Gasteiger partial charge in [0.15, 0.2) is 0 Å². The molecule has 3 rings (SSSR count). The number of nitrogens with zero attached hydrogens (tertiary/aromatic N) is 2. The van der Waals surface area contributed by atoms with Crippen LogP contribution in [0.5, 0.6) is 0 Å². The van der Waals surface area contributed by atoms with Crippen molar-refractivity contribution in [1.82, 2.24) is 14.9 Å². The van der Waals surface area contributed by atoms with Crippen LogP contribution in [-0.2, 0) is 4.74 Å². The van der Waals surface area contributed by atoms with Gasteiger partial charge in [-0.2, -0.15) is 0 Å². The summed E-state index contributed by atoms with van der Waals surface area (Å²) in [5, 5.41) is 2.07. The smallest absolute Gasteiger partial charge is 0.410 e. The highest BCUT2D eigenvalue weighted by atomic mass is 32.2. The second-order valence-corrected chi connectivity index (χ2v) is 9.75. The number of nitrogens with one attached hydrogen (secondary N) is 1. The minimum atomic E-state index is -0.506. The third kappa shape index (κ3) is 4.89. The second kappa shape index (κ2) is 8.57. The van der Waals surface area contributed by atoms with Crippen LogP contribution < -0.4 is 0 Å². The van der Waals surface area contributed by atoms with Crippen molar-refractivity contribution in [3.63, 3.8) is 0 Å². The van der Waals surface area contributed by atoms with E-state index in [1.54, 1.807) is 34.2 Å². The number of likely N-dealkylation sites (tertiary alicyclic amines) is 1. The molecular weight excluding hydrogens is 390 g/mol. The summed E-state index contributed by atoms with van der Waals surface area (Å²) in [4.78, 5) is 25.5. The van der Waals surface area contributed by atoms with Crippen LogP contribution in [0.15, 0.2) is 36.4 Å². The molecule has 1 aliphatic rings. The predicted molar refractivity (Wildman–Crippen MR) is 118 cm³/mol. The van der Waals surface area contributed by atoms with Gasteiger partial charge in [0, 0.05) is 21.2 Å². The zero-order chi connectivity index (χ0) is 20.3. The molecule has 0 aliphatic carbocycles. The van der Waals surface area contributed by atoms with E-state index in [9.17, 15) is 4.79 Å². The van der Waals surface area contributed by atoms with Crippen LogP contribution in [0.2, 0.25) is 0 Å². The summed E-state index contributed by atoms with van der Waals surface area (Å²) in [6, 6.07) is 4.07. The number of imidazole rings is 1. The Hall–Kier alpha value is -1.99. The summed E-state index contributed by atoms with van der Waals surface area (Å²) in [6.07, 6.45) is 5.44. The van der Waals surface area contributed by atoms with Crippen LogP contribution in [0, 0.1) is 0 Å². The number of aromatic amines is 1. The molecule has 1 atom stereocenters. The lowest BCUT2D eigenvalue weighted by Crippen LogP contribution is -2.36. The van der Waals surface area contributed by atoms with Crippen molar-refractivity contribution in [2.75, 3.05) is 6.54 Å². The maximum Gasteiger partial charge on any atom is 0.410 e. The summed E-state index contributed by atoms with van der Waals surface area (Å²) in [7, 11) is 0. The van der Waals surface area contributed by atoms with Crippen molar-refractivity contribution < 1.29 is 9.53 Å². The first kappa shape index (κ1) is 20.7. The molecule has 1 fully saturated rings. The molecule has 0 saturated carbocycles. The van der Waals surface area contributed by atoms with E-state index in [2.05, 4.69) is 34.1 Å². The lowest BCUT2D eigenvalue weighted by atomic mass is 10.2. The van der Waals surface area contributed by atoms with Gasteiger partial charge in [0.2, 0.25) is 0 Å². The number of rotatable bonds is 5. The Balaban J connectivity index is 1.70. The number of carbonyl (C=O) groups excluding carboxylic acids is 1. The van der Waals surface area contributed by atoms with Crippen molar-refractivity contribution in [2.24, 2.45) is 0 Å². The van der Waals surface area contributed by atoms with Gasteiger partial charge in [0.25, 0.3) is 0 Å². The molecule has 1 N–H and O–H groups in total. The van der Waals surface area contributed by atoms with Gasteiger partial charge < -0.3 is 9.72 Å². The fraction of sp³-hybridized carbons (Fsp3) is 0.429. The number of hydrogen-bond donors (Lipinski definition) is 1. The molecule has 0 unspecified atom stereocenters. The van der Waals surface area contributed by atoms with Crippen LogP contribution in [0.25, 0.3) is 9.81 Å². The SMILES string of the molecule is C=C(S/C(=C\C)c1cccs1)c1cnc([C@@H]2CCCN2C(=O)OC(C)(C)C)[nH]1. The fourth-order valence-corrected chi connectivity index (χ4v) is 4.83. The van der Waals surface area contributed by atoms with Gasteiger partial charge in [-0.25, -0.2) is 9.78 Å². The average molecular weight is 418 g/mol. The third-order valence-corrected chi connectivity index (χ3v) is 6.53. The second-order valence-electron chi connectivity index (χ2n) is 7.67. The molecule has 2 aromatic heterocycles. The lowest BCUT2D eigenvalue weighted by Gasteiger charge is -2.27. The Kier molecular flexibility index (Phi) is 6.35. The fourth-order valence-electron chi connectivity index (χ4n) is 3.10. The molecule has 0 aromatic carbocycles. The molecule has 0 bridgehead atoms. The van der Waals surface area contributed by atoms with Crippen molar-refractivity contribution >= 4 is 39.0 Å². The van der Waals surface area contributed by atoms with Crippen molar-refractivity contribution in [3.8, 4) is 0 Å². The zero-order valence-electron chi connectivity index (χ0n) is 16.8. The molecule has 150 valence electrons. The molecule has 0 radical (unpaired) electrons. The van der Waals surface area contributed by atoms with E-state index in [4.69, 9.17) is 4.74 Å². The third-order valence-electron chi connectivity index (χ3n) is 4.35. The number of hydrogen-bond acceptors (Lipinski definition) is 5. The van der Waals surface area contributed by atoms with E-state index in [0.717, 1.165) is 29.3 Å². The molecule has 5 nitrogen and oxygen atoms in total. The molecule has 1 saturated heterocycles. The van der Waals surface area contributed by atoms with Crippen LogP contribution >= 0.6 is 23.1 Å². The van der Waals surface area contributed by atoms with E-state index in [0.29, 0.717) is 6.54 Å². The number of thioether (sulfide) groups is 1. The zero-order valence-corrected chi connectivity index (χ0v) is 18.5. The number of carbonyl (C=O) groups is 1. The van der Waals surface area contributed by atoms with Gasteiger partial charge in [-0.05, 0) is 52.0 Å². The monoisotopic (exact) mass is 417 g/mol. The molecular formula is C21H27N3O2S2. The van der Waals surface area contributed by atoms with Crippen LogP contribution in [0.4, 0.5) is 4.79 Å². The first-order valence-corrected chi connectivity index (χ1v) is 11.1. The highest BCUT2D eigenvalue weighted by molar-refractivity contribution is 8.16. The predicted octanol–water partition coefficient (Wildman–Crippen LogP) is 6.31. The first-order valence-electron chi connectivity index (χ1n) is 9.40. The highest BCUT2D eigenvalue weighted by Crippen LogP contribution is 2.40. The maximum absolute atomic E-state index is 12.5. The summed E-state index contributed by atoms with van der Waals surface area (Å²) >= 11 is 3.34. The van der Waals surface area contributed by atoms with E-state index in [1.807, 2.05) is 33.8 Å². The minimum absolute atomic E-state index is 0.0834. The minimum Gasteiger partial charge on any atom is -0.444 e. The van der Waals surface area contributed by atoms with Crippen molar-refractivity contribution in [1.29, 1.82) is 0 Å². The van der Waals surface area contributed by atoms with Gasteiger partial charge in [-0.15, -0.1) is 11.3 Å². The topological polar surface area (TPSA) is 58.2 Å². The number of amides is 1. The standard InChI is InChI=1S/C21H27N3O2S2/c1-6-17(18-10-8-12-27-18)28-14(2)15-13-22-19(23-15)16-9-7-11-24(16)20(25)26-21(3,4)5/h6,8,10,12-13,16H,2,7,9,11H2,1,3-5H3,(H,22,23)/b17-6-/t16-/m0/s1. The molecule has 28 heavy (non-hydrogen) atoms. The number of thiophene rings is 1. The quantitative estimate of drug-likeness (QED) is 0.619. The van der Waals surface area contributed by atoms with Gasteiger partial charge >= 0.3 is 6.09 Å². The number of allylic oxidation sites excluding steroid dienone is 1.